The van der Waals surface area contributed by atoms with Crippen LogP contribution in [0.1, 0.15) is 22.0 Å². The van der Waals surface area contributed by atoms with Crippen LogP contribution in [0.3, 0.4) is 0 Å². The largest absolute Gasteiger partial charge is 0.459 e. The molecule has 1 fully saturated rings. The molecule has 1 aliphatic rings. The molecule has 0 unspecified atom stereocenters. The van der Waals surface area contributed by atoms with Gasteiger partial charge >= 0.3 is 5.97 Å². The van der Waals surface area contributed by atoms with Gasteiger partial charge in [-0.1, -0.05) is 0 Å². The molecule has 0 bridgehead atoms. The summed E-state index contributed by atoms with van der Waals surface area (Å²) in [4.78, 5) is 40.5. The Balaban J connectivity index is 1.17. The minimum atomic E-state index is -0.803. The number of aryl methyl sites for hydroxylation is 1. The maximum Gasteiger partial charge on any atom is 0.378 e. The minimum Gasteiger partial charge on any atom is -0.459 e. The van der Waals surface area contributed by atoms with Crippen LogP contribution in [-0.4, -0.2) is 74.1 Å². The van der Waals surface area contributed by atoms with Gasteiger partial charge in [-0.2, -0.15) is 15.2 Å². The number of fused-ring (bicyclic) bond motifs is 1. The van der Waals surface area contributed by atoms with Gasteiger partial charge in [0.1, 0.15) is 6.07 Å². The zero-order chi connectivity index (χ0) is 23.7. The summed E-state index contributed by atoms with van der Waals surface area (Å²) in [6.07, 6.45) is 3.05. The molecule has 5 heterocycles. The zero-order valence-corrected chi connectivity index (χ0v) is 18.0. The van der Waals surface area contributed by atoms with E-state index < -0.39 is 12.6 Å². The summed E-state index contributed by atoms with van der Waals surface area (Å²) < 4.78 is 17.6. The van der Waals surface area contributed by atoms with Crippen molar-refractivity contribution < 1.29 is 23.2 Å². The predicted molar refractivity (Wildman–Crippen MR) is 114 cm³/mol. The number of rotatable bonds is 5. The average molecular weight is 462 g/mol. The van der Waals surface area contributed by atoms with Crippen molar-refractivity contribution in [2.45, 2.75) is 6.92 Å². The van der Waals surface area contributed by atoms with E-state index in [4.69, 9.17) is 13.6 Å². The third-order valence-corrected chi connectivity index (χ3v) is 5.31. The van der Waals surface area contributed by atoms with Crippen LogP contribution in [0.25, 0.3) is 17.4 Å². The number of hydrogen-bond donors (Lipinski definition) is 0. The fraction of sp³-hybridized carbons (Fsp3) is 0.286. The standard InChI is InChI=1S/C21H18N8O5/c1-13-4-5-23-21-25-17(26-29(13)21)20(31)33-12-16(30)27-6-8-28(9-7-27)19-14(11-22)24-18(34-19)15-3-2-10-32-15/h2-5,10H,6-9,12H2,1H3. The number of piperazine rings is 1. The summed E-state index contributed by atoms with van der Waals surface area (Å²) in [6.45, 7) is 2.91. The first-order valence-electron chi connectivity index (χ1n) is 10.4. The Morgan fingerprint density at radius 2 is 2.03 bits per heavy atom. The van der Waals surface area contributed by atoms with Gasteiger partial charge in [-0.3, -0.25) is 4.79 Å². The van der Waals surface area contributed by atoms with Crippen LogP contribution in [-0.2, 0) is 9.53 Å². The average Bonchev–Trinajstić information content (AvgIpc) is 3.61. The van der Waals surface area contributed by atoms with Crippen molar-refractivity contribution in [3.05, 3.63) is 47.9 Å². The fourth-order valence-corrected chi connectivity index (χ4v) is 3.54. The fourth-order valence-electron chi connectivity index (χ4n) is 3.54. The van der Waals surface area contributed by atoms with E-state index >= 15 is 0 Å². The van der Waals surface area contributed by atoms with E-state index in [1.54, 1.807) is 36.2 Å². The number of nitrogens with zero attached hydrogens (tertiary/aromatic N) is 8. The number of ether oxygens (including phenoxy) is 1. The third-order valence-electron chi connectivity index (χ3n) is 5.31. The van der Waals surface area contributed by atoms with Crippen LogP contribution in [0.5, 0.6) is 0 Å². The van der Waals surface area contributed by atoms with Gasteiger partial charge in [0, 0.05) is 38.1 Å². The van der Waals surface area contributed by atoms with Crippen LogP contribution >= 0.6 is 0 Å². The molecule has 1 saturated heterocycles. The summed E-state index contributed by atoms with van der Waals surface area (Å²) in [6, 6.07) is 7.15. The lowest BCUT2D eigenvalue weighted by Gasteiger charge is -2.34. The number of furan rings is 1. The molecule has 13 heteroatoms. The number of anilines is 1. The van der Waals surface area contributed by atoms with E-state index in [2.05, 4.69) is 20.1 Å². The van der Waals surface area contributed by atoms with Crippen LogP contribution in [0, 0.1) is 18.3 Å². The number of amides is 1. The second-order valence-electron chi connectivity index (χ2n) is 7.44. The van der Waals surface area contributed by atoms with Gasteiger partial charge < -0.3 is 23.4 Å². The van der Waals surface area contributed by atoms with Crippen molar-refractivity contribution in [1.29, 1.82) is 5.26 Å². The second kappa shape index (κ2) is 8.66. The molecule has 0 saturated carbocycles. The molecular formula is C21H18N8O5. The Morgan fingerprint density at radius 3 is 2.74 bits per heavy atom. The number of hydrogen-bond acceptors (Lipinski definition) is 11. The molecule has 1 aliphatic heterocycles. The lowest BCUT2D eigenvalue weighted by Crippen LogP contribution is -2.50. The van der Waals surface area contributed by atoms with Gasteiger partial charge in [0.05, 0.1) is 6.26 Å². The van der Waals surface area contributed by atoms with Gasteiger partial charge in [0.15, 0.2) is 12.4 Å². The van der Waals surface area contributed by atoms with E-state index in [0.717, 1.165) is 5.69 Å². The van der Waals surface area contributed by atoms with E-state index in [0.29, 0.717) is 37.8 Å². The summed E-state index contributed by atoms with van der Waals surface area (Å²) in [5.41, 5.74) is 0.901. The maximum absolute atomic E-state index is 12.6. The van der Waals surface area contributed by atoms with E-state index in [-0.39, 0.29) is 29.1 Å². The summed E-state index contributed by atoms with van der Waals surface area (Å²) >= 11 is 0. The number of carbonyl (C=O) groups is 2. The highest BCUT2D eigenvalue weighted by molar-refractivity contribution is 5.88. The Bertz CT molecular complexity index is 1390. The van der Waals surface area contributed by atoms with Crippen molar-refractivity contribution in [3.63, 3.8) is 0 Å². The van der Waals surface area contributed by atoms with Gasteiger partial charge in [-0.25, -0.2) is 14.3 Å². The van der Waals surface area contributed by atoms with Gasteiger partial charge in [-0.05, 0) is 25.1 Å². The highest BCUT2D eigenvalue weighted by Gasteiger charge is 2.28. The van der Waals surface area contributed by atoms with Crippen molar-refractivity contribution >= 4 is 23.5 Å². The van der Waals surface area contributed by atoms with Gasteiger partial charge in [-0.15, -0.1) is 5.10 Å². The molecule has 0 aromatic carbocycles. The molecule has 0 aliphatic carbocycles. The van der Waals surface area contributed by atoms with Crippen LogP contribution in [0.15, 0.2) is 39.5 Å². The monoisotopic (exact) mass is 462 g/mol. The first-order chi connectivity index (χ1) is 16.5. The summed E-state index contributed by atoms with van der Waals surface area (Å²) in [7, 11) is 0. The molecule has 1 amide bonds. The molecule has 34 heavy (non-hydrogen) atoms. The van der Waals surface area contributed by atoms with E-state index in [1.807, 2.05) is 11.0 Å². The number of carbonyl (C=O) groups excluding carboxylic acids is 2. The highest BCUT2D eigenvalue weighted by atomic mass is 16.5. The van der Waals surface area contributed by atoms with E-state index in [9.17, 15) is 14.9 Å². The lowest BCUT2D eigenvalue weighted by molar-refractivity contribution is -0.134. The topological polar surface area (TPSA) is 156 Å². The molecule has 5 rings (SSSR count). The first kappa shape index (κ1) is 21.1. The van der Waals surface area contributed by atoms with Crippen molar-refractivity contribution in [2.75, 3.05) is 37.7 Å². The normalized spacial score (nSPS) is 13.8. The van der Waals surface area contributed by atoms with Crippen LogP contribution < -0.4 is 4.90 Å². The number of aromatic nitrogens is 5. The summed E-state index contributed by atoms with van der Waals surface area (Å²) in [5.74, 6) is -0.0791. The van der Waals surface area contributed by atoms with Crippen molar-refractivity contribution in [3.8, 4) is 17.7 Å². The number of oxazole rings is 1. The van der Waals surface area contributed by atoms with Crippen LogP contribution in [0.4, 0.5) is 5.88 Å². The maximum atomic E-state index is 12.6. The molecule has 0 spiro atoms. The Kier molecular flexibility index (Phi) is 5.38. The first-order valence-corrected chi connectivity index (χ1v) is 10.4. The lowest BCUT2D eigenvalue weighted by atomic mass is 10.3. The zero-order valence-electron chi connectivity index (χ0n) is 18.0. The molecule has 0 radical (unpaired) electrons. The van der Waals surface area contributed by atoms with E-state index in [1.165, 1.54) is 10.8 Å². The third kappa shape index (κ3) is 3.92. The van der Waals surface area contributed by atoms with Crippen molar-refractivity contribution in [2.24, 2.45) is 0 Å². The molecule has 0 N–H and O–H groups in total. The Morgan fingerprint density at radius 1 is 1.21 bits per heavy atom. The smallest absolute Gasteiger partial charge is 0.378 e. The predicted octanol–water partition coefficient (Wildman–Crippen LogP) is 1.06. The Labute approximate surface area is 192 Å². The number of esters is 1. The Hall–Kier alpha value is -4.73. The quantitative estimate of drug-likeness (QED) is 0.391. The molecule has 172 valence electrons. The molecule has 13 nitrogen and oxygen atoms in total. The summed E-state index contributed by atoms with van der Waals surface area (Å²) in [5, 5.41) is 13.5. The van der Waals surface area contributed by atoms with Crippen LogP contribution in [0.2, 0.25) is 0 Å². The SMILES string of the molecule is Cc1ccnc2nc(C(=O)OCC(=O)N3CCN(c4oc(-c5ccco5)nc4C#N)CC3)nn12. The second-order valence-corrected chi connectivity index (χ2v) is 7.44. The van der Waals surface area contributed by atoms with Gasteiger partial charge in [0.25, 0.3) is 23.4 Å². The number of nitriles is 1. The van der Waals surface area contributed by atoms with Gasteiger partial charge in [0.2, 0.25) is 11.6 Å². The molecular weight excluding hydrogens is 444 g/mol. The highest BCUT2D eigenvalue weighted by Crippen LogP contribution is 2.29. The minimum absolute atomic E-state index is 0.143. The molecule has 0 atom stereocenters. The molecule has 4 aromatic heterocycles. The molecule has 4 aromatic rings. The van der Waals surface area contributed by atoms with Crippen molar-refractivity contribution in [1.82, 2.24) is 29.5 Å².